The normalized spacial score (nSPS) is 13.6. The summed E-state index contributed by atoms with van der Waals surface area (Å²) in [6.07, 6.45) is 1.04. The molecule has 0 saturated carbocycles. The van der Waals surface area contributed by atoms with Crippen LogP contribution < -0.4 is 10.2 Å². The smallest absolute Gasteiger partial charge is 0.256 e. The number of rotatable bonds is 7. The van der Waals surface area contributed by atoms with E-state index >= 15 is 0 Å². The van der Waals surface area contributed by atoms with Crippen LogP contribution in [0, 0.1) is 0 Å². The molecule has 33 heavy (non-hydrogen) atoms. The van der Waals surface area contributed by atoms with Crippen molar-refractivity contribution in [1.82, 2.24) is 4.90 Å². The molecule has 1 heterocycles. The highest BCUT2D eigenvalue weighted by Gasteiger charge is 2.24. The summed E-state index contributed by atoms with van der Waals surface area (Å²) < 4.78 is 0. The number of piperazine rings is 1. The highest BCUT2D eigenvalue weighted by molar-refractivity contribution is 7.99. The lowest BCUT2D eigenvalue weighted by molar-refractivity contribution is 0.0748. The molecule has 0 aliphatic carbocycles. The van der Waals surface area contributed by atoms with Crippen LogP contribution in [0.3, 0.4) is 0 Å². The lowest BCUT2D eigenvalue weighted by Crippen LogP contribution is -2.48. The number of nitrogens with one attached hydrogen (secondary N) is 1. The predicted octanol–water partition coefficient (Wildman–Crippen LogP) is 5.40. The van der Waals surface area contributed by atoms with E-state index in [1.54, 1.807) is 23.9 Å². The molecular formula is C27H29N3O2S. The van der Waals surface area contributed by atoms with E-state index in [0.29, 0.717) is 29.9 Å². The van der Waals surface area contributed by atoms with Gasteiger partial charge >= 0.3 is 0 Å². The average molecular weight is 460 g/mol. The number of hydrogen-bond donors (Lipinski definition) is 1. The van der Waals surface area contributed by atoms with E-state index in [4.69, 9.17) is 0 Å². The molecule has 3 aromatic rings. The number of thioether (sulfide) groups is 1. The fourth-order valence-electron chi connectivity index (χ4n) is 3.94. The molecule has 4 rings (SSSR count). The second-order valence-corrected chi connectivity index (χ2v) is 9.10. The van der Waals surface area contributed by atoms with Gasteiger partial charge in [0.15, 0.2) is 0 Å². The summed E-state index contributed by atoms with van der Waals surface area (Å²) in [7, 11) is 0. The van der Waals surface area contributed by atoms with Crippen LogP contribution in [0.5, 0.6) is 0 Å². The Balaban J connectivity index is 1.46. The molecule has 0 spiro atoms. The van der Waals surface area contributed by atoms with Crippen molar-refractivity contribution in [2.24, 2.45) is 0 Å². The second-order valence-electron chi connectivity index (χ2n) is 7.96. The van der Waals surface area contributed by atoms with Gasteiger partial charge in [0.25, 0.3) is 11.8 Å². The molecule has 0 radical (unpaired) electrons. The standard InChI is InChI=1S/C27H29N3O2S/c1-2-20-33-25-15-9-7-13-23(25)26(31)28-24-14-8-6-12-22(24)27(32)30-18-16-29(17-19-30)21-10-4-3-5-11-21/h3-15H,2,16-20H2,1H3,(H,28,31). The zero-order chi connectivity index (χ0) is 23.0. The molecule has 2 amide bonds. The van der Waals surface area contributed by atoms with E-state index in [1.807, 2.05) is 59.5 Å². The van der Waals surface area contributed by atoms with E-state index in [0.717, 1.165) is 30.2 Å². The molecular weight excluding hydrogens is 430 g/mol. The van der Waals surface area contributed by atoms with Crippen LogP contribution in [-0.2, 0) is 0 Å². The number of carbonyl (C=O) groups is 2. The minimum atomic E-state index is -0.191. The van der Waals surface area contributed by atoms with Gasteiger partial charge in [-0.1, -0.05) is 49.4 Å². The summed E-state index contributed by atoms with van der Waals surface area (Å²) in [4.78, 5) is 31.6. The van der Waals surface area contributed by atoms with Crippen molar-refractivity contribution in [3.05, 3.63) is 90.0 Å². The van der Waals surface area contributed by atoms with Gasteiger partial charge in [-0.05, 0) is 48.6 Å². The number of hydrogen-bond acceptors (Lipinski definition) is 4. The first-order valence-corrected chi connectivity index (χ1v) is 12.4. The third kappa shape index (κ3) is 5.57. The van der Waals surface area contributed by atoms with E-state index in [1.165, 1.54) is 5.69 Å². The molecule has 0 bridgehead atoms. The number of benzene rings is 3. The molecule has 1 fully saturated rings. The highest BCUT2D eigenvalue weighted by Crippen LogP contribution is 2.26. The maximum Gasteiger partial charge on any atom is 0.256 e. The van der Waals surface area contributed by atoms with E-state index in [-0.39, 0.29) is 11.8 Å². The van der Waals surface area contributed by atoms with Gasteiger partial charge in [0, 0.05) is 36.8 Å². The van der Waals surface area contributed by atoms with Crippen LogP contribution in [0.4, 0.5) is 11.4 Å². The Morgan fingerprint density at radius 3 is 2.18 bits per heavy atom. The zero-order valence-corrected chi connectivity index (χ0v) is 19.7. The minimum absolute atomic E-state index is 0.0488. The maximum atomic E-state index is 13.3. The Labute approximate surface area is 199 Å². The van der Waals surface area contributed by atoms with Crippen molar-refractivity contribution in [1.29, 1.82) is 0 Å². The Morgan fingerprint density at radius 1 is 0.818 bits per heavy atom. The Hall–Kier alpha value is -3.25. The first-order chi connectivity index (χ1) is 16.2. The molecule has 1 aliphatic heterocycles. The van der Waals surface area contributed by atoms with Gasteiger partial charge in [-0.3, -0.25) is 9.59 Å². The first-order valence-electron chi connectivity index (χ1n) is 11.4. The second kappa shape index (κ2) is 11.1. The van der Waals surface area contributed by atoms with Gasteiger partial charge in [0.2, 0.25) is 0 Å². The highest BCUT2D eigenvalue weighted by atomic mass is 32.2. The summed E-state index contributed by atoms with van der Waals surface area (Å²) in [6, 6.07) is 25.2. The lowest BCUT2D eigenvalue weighted by Gasteiger charge is -2.36. The molecule has 5 nitrogen and oxygen atoms in total. The molecule has 0 unspecified atom stereocenters. The van der Waals surface area contributed by atoms with Gasteiger partial charge in [0.05, 0.1) is 16.8 Å². The van der Waals surface area contributed by atoms with Crippen LogP contribution in [0.2, 0.25) is 0 Å². The fraction of sp³-hybridized carbons (Fsp3) is 0.259. The van der Waals surface area contributed by atoms with Crippen molar-refractivity contribution < 1.29 is 9.59 Å². The van der Waals surface area contributed by atoms with Crippen molar-refractivity contribution in [2.75, 3.05) is 42.1 Å². The quantitative estimate of drug-likeness (QED) is 0.481. The fourth-order valence-corrected chi connectivity index (χ4v) is 4.85. The number of carbonyl (C=O) groups excluding carboxylic acids is 2. The van der Waals surface area contributed by atoms with Gasteiger partial charge in [-0.2, -0.15) is 0 Å². The van der Waals surface area contributed by atoms with Gasteiger partial charge in [-0.15, -0.1) is 11.8 Å². The topological polar surface area (TPSA) is 52.7 Å². The molecule has 0 atom stereocenters. The average Bonchev–Trinajstić information content (AvgIpc) is 2.88. The third-order valence-electron chi connectivity index (χ3n) is 5.69. The first kappa shape index (κ1) is 22.9. The number of para-hydroxylation sites is 2. The van der Waals surface area contributed by atoms with Crippen LogP contribution >= 0.6 is 11.8 Å². The molecule has 0 aromatic heterocycles. The predicted molar refractivity (Wildman–Crippen MR) is 136 cm³/mol. The van der Waals surface area contributed by atoms with Crippen molar-refractivity contribution in [3.63, 3.8) is 0 Å². The summed E-state index contributed by atoms with van der Waals surface area (Å²) in [5.41, 5.74) is 2.89. The van der Waals surface area contributed by atoms with E-state index in [9.17, 15) is 9.59 Å². The molecule has 3 aromatic carbocycles. The minimum Gasteiger partial charge on any atom is -0.368 e. The zero-order valence-electron chi connectivity index (χ0n) is 18.9. The maximum absolute atomic E-state index is 13.3. The van der Waals surface area contributed by atoms with E-state index < -0.39 is 0 Å². The molecule has 1 aliphatic rings. The molecule has 1 N–H and O–H groups in total. The molecule has 1 saturated heterocycles. The number of anilines is 2. The van der Waals surface area contributed by atoms with Crippen LogP contribution in [0.25, 0.3) is 0 Å². The monoisotopic (exact) mass is 459 g/mol. The summed E-state index contributed by atoms with van der Waals surface area (Å²) >= 11 is 1.68. The molecule has 6 heteroatoms. The third-order valence-corrected chi connectivity index (χ3v) is 6.97. The van der Waals surface area contributed by atoms with E-state index in [2.05, 4.69) is 29.3 Å². The Morgan fingerprint density at radius 2 is 1.45 bits per heavy atom. The SMILES string of the molecule is CCCSc1ccccc1C(=O)Nc1ccccc1C(=O)N1CCN(c2ccccc2)CC1. The Kier molecular flexibility index (Phi) is 7.68. The summed E-state index contributed by atoms with van der Waals surface area (Å²) in [6.45, 7) is 4.98. The van der Waals surface area contributed by atoms with Crippen molar-refractivity contribution in [3.8, 4) is 0 Å². The Bertz CT molecular complexity index is 1100. The lowest BCUT2D eigenvalue weighted by atomic mass is 10.1. The van der Waals surface area contributed by atoms with Crippen LogP contribution in [0.1, 0.15) is 34.1 Å². The summed E-state index contributed by atoms with van der Waals surface area (Å²) in [5.74, 6) is 0.713. The van der Waals surface area contributed by atoms with Crippen molar-refractivity contribution in [2.45, 2.75) is 18.2 Å². The van der Waals surface area contributed by atoms with Crippen LogP contribution in [-0.4, -0.2) is 48.6 Å². The van der Waals surface area contributed by atoms with Crippen molar-refractivity contribution >= 4 is 35.0 Å². The van der Waals surface area contributed by atoms with Crippen LogP contribution in [0.15, 0.2) is 83.8 Å². The van der Waals surface area contributed by atoms with Gasteiger partial charge in [0.1, 0.15) is 0 Å². The van der Waals surface area contributed by atoms with Gasteiger partial charge < -0.3 is 15.1 Å². The summed E-state index contributed by atoms with van der Waals surface area (Å²) in [5, 5.41) is 2.99. The largest absolute Gasteiger partial charge is 0.368 e. The molecule has 170 valence electrons. The van der Waals surface area contributed by atoms with Gasteiger partial charge in [-0.25, -0.2) is 0 Å². The number of nitrogens with zero attached hydrogens (tertiary/aromatic N) is 2. The number of amides is 2.